The molecule has 29 heavy (non-hydrogen) atoms. The molecule has 0 aliphatic carbocycles. The van der Waals surface area contributed by atoms with Crippen LogP contribution in [0, 0.1) is 0 Å². The van der Waals surface area contributed by atoms with Crippen molar-refractivity contribution in [2.24, 2.45) is 5.73 Å². The smallest absolute Gasteiger partial charge is 0.423 e. The van der Waals surface area contributed by atoms with Crippen LogP contribution in [0.15, 0.2) is 36.4 Å². The van der Waals surface area contributed by atoms with Gasteiger partial charge in [-0.2, -0.15) is 0 Å². The van der Waals surface area contributed by atoms with Crippen LogP contribution in [0.5, 0.6) is 0 Å². The van der Waals surface area contributed by atoms with Gasteiger partial charge in [-0.3, -0.25) is 4.79 Å². The van der Waals surface area contributed by atoms with E-state index in [2.05, 4.69) is 23.5 Å². The van der Waals surface area contributed by atoms with Gasteiger partial charge in [0.1, 0.15) is 0 Å². The van der Waals surface area contributed by atoms with Crippen molar-refractivity contribution in [3.8, 4) is 0 Å². The van der Waals surface area contributed by atoms with Crippen molar-refractivity contribution >= 4 is 18.5 Å². The van der Waals surface area contributed by atoms with E-state index in [-0.39, 0.29) is 5.91 Å². The van der Waals surface area contributed by atoms with Crippen LogP contribution < -0.4 is 16.5 Å². The summed E-state index contributed by atoms with van der Waals surface area (Å²) in [6, 6.07) is 11.9. The molecule has 2 aliphatic rings. The molecular weight excluding hydrogens is 365 g/mol. The molecule has 152 valence electrons. The fourth-order valence-corrected chi connectivity index (χ4v) is 4.53. The van der Waals surface area contributed by atoms with Crippen molar-refractivity contribution in [3.63, 3.8) is 0 Å². The second-order valence-corrected chi connectivity index (χ2v) is 8.02. The molecule has 6 nitrogen and oxygen atoms in total. The van der Waals surface area contributed by atoms with Crippen molar-refractivity contribution in [2.75, 3.05) is 19.6 Å². The topological polar surface area (TPSA) is 98.8 Å². The van der Waals surface area contributed by atoms with E-state index < -0.39 is 7.12 Å². The van der Waals surface area contributed by atoms with Crippen LogP contribution in [0.4, 0.5) is 0 Å². The Morgan fingerprint density at radius 3 is 2.72 bits per heavy atom. The molecule has 0 spiro atoms. The number of amides is 1. The van der Waals surface area contributed by atoms with Gasteiger partial charge >= 0.3 is 7.12 Å². The molecule has 2 heterocycles. The number of benzene rings is 2. The summed E-state index contributed by atoms with van der Waals surface area (Å²) in [5.74, 6) is 0.424. The van der Waals surface area contributed by atoms with Crippen LogP contribution in [0.3, 0.4) is 0 Å². The third kappa shape index (κ3) is 4.23. The third-order valence-electron chi connectivity index (χ3n) is 6.21. The first-order valence-electron chi connectivity index (χ1n) is 10.4. The molecule has 1 fully saturated rings. The summed E-state index contributed by atoms with van der Waals surface area (Å²) in [6.07, 6.45) is 2.63. The lowest BCUT2D eigenvalue weighted by Gasteiger charge is -2.33. The predicted octanol–water partition coefficient (Wildman–Crippen LogP) is 0.491. The highest BCUT2D eigenvalue weighted by atomic mass is 16.4. The van der Waals surface area contributed by atoms with Gasteiger partial charge in [0, 0.05) is 31.7 Å². The van der Waals surface area contributed by atoms with E-state index >= 15 is 0 Å². The Morgan fingerprint density at radius 1 is 1.21 bits per heavy atom. The van der Waals surface area contributed by atoms with Crippen molar-refractivity contribution in [1.82, 2.24) is 10.2 Å². The fourth-order valence-electron chi connectivity index (χ4n) is 4.53. The van der Waals surface area contributed by atoms with Gasteiger partial charge in [0.05, 0.1) is 0 Å². The number of hydrogen-bond donors (Lipinski definition) is 4. The van der Waals surface area contributed by atoms with Gasteiger partial charge in [-0.05, 0) is 65.5 Å². The number of likely N-dealkylation sites (tertiary alicyclic amines) is 1. The van der Waals surface area contributed by atoms with Crippen molar-refractivity contribution in [2.45, 2.75) is 38.3 Å². The lowest BCUT2D eigenvalue weighted by molar-refractivity contribution is 0.0711. The summed E-state index contributed by atoms with van der Waals surface area (Å²) in [6.45, 7) is 3.41. The summed E-state index contributed by atoms with van der Waals surface area (Å²) in [7, 11) is -1.57. The number of nitrogens with zero attached hydrogens (tertiary/aromatic N) is 1. The standard InChI is InChI=1S/C22H28BN3O3/c24-13-15-2-1-3-17(10-15)16-5-8-26(9-6-16)22(27)20-12-19(23(28)29)11-18-4-7-25-14-21(18)20/h1-3,10-12,16,25,28-29H,4-9,13-14,24H2. The van der Waals surface area contributed by atoms with Crippen LogP contribution in [-0.4, -0.2) is 47.6 Å². The Morgan fingerprint density at radius 2 is 2.00 bits per heavy atom. The highest BCUT2D eigenvalue weighted by Gasteiger charge is 2.28. The zero-order valence-electron chi connectivity index (χ0n) is 16.6. The minimum absolute atomic E-state index is 0.0124. The number of nitrogens with one attached hydrogen (secondary N) is 1. The van der Waals surface area contributed by atoms with Crippen molar-refractivity contribution in [3.05, 3.63) is 64.2 Å². The summed E-state index contributed by atoms with van der Waals surface area (Å²) in [5.41, 5.74) is 11.2. The molecule has 0 atom stereocenters. The molecule has 0 saturated carbocycles. The summed E-state index contributed by atoms with van der Waals surface area (Å²) in [5, 5.41) is 22.6. The SMILES string of the molecule is NCc1cccc(C2CCN(C(=O)c3cc(B(O)O)cc4c3CNCC4)CC2)c1. The maximum atomic E-state index is 13.3. The van der Waals surface area contributed by atoms with Gasteiger partial charge in [-0.15, -0.1) is 0 Å². The Kier molecular flexibility index (Phi) is 6.01. The Balaban J connectivity index is 1.52. The molecule has 7 heteroatoms. The van der Waals surface area contributed by atoms with Crippen LogP contribution in [0.1, 0.15) is 51.4 Å². The van der Waals surface area contributed by atoms with E-state index in [1.807, 2.05) is 17.0 Å². The maximum absolute atomic E-state index is 13.3. The molecule has 0 unspecified atom stereocenters. The summed E-state index contributed by atoms with van der Waals surface area (Å²) < 4.78 is 0. The van der Waals surface area contributed by atoms with E-state index in [1.165, 1.54) is 5.56 Å². The Hall–Kier alpha value is -2.19. The molecule has 5 N–H and O–H groups in total. The minimum Gasteiger partial charge on any atom is -0.423 e. The number of carbonyl (C=O) groups excluding carboxylic acids is 1. The molecule has 2 aliphatic heterocycles. The second kappa shape index (κ2) is 8.67. The Labute approximate surface area is 171 Å². The first-order valence-corrected chi connectivity index (χ1v) is 10.4. The molecule has 4 rings (SSSR count). The van der Waals surface area contributed by atoms with Gasteiger partial charge in [-0.1, -0.05) is 30.3 Å². The molecule has 1 amide bonds. The average molecular weight is 393 g/mol. The predicted molar refractivity (Wildman–Crippen MR) is 114 cm³/mol. The number of nitrogens with two attached hydrogens (primary N) is 1. The number of rotatable bonds is 4. The molecule has 0 radical (unpaired) electrons. The summed E-state index contributed by atoms with van der Waals surface area (Å²) >= 11 is 0. The fraction of sp³-hybridized carbons (Fsp3) is 0.409. The van der Waals surface area contributed by atoms with E-state index in [1.54, 1.807) is 6.07 Å². The maximum Gasteiger partial charge on any atom is 0.488 e. The highest BCUT2D eigenvalue weighted by molar-refractivity contribution is 6.58. The molecule has 0 aromatic heterocycles. The third-order valence-corrected chi connectivity index (χ3v) is 6.21. The molecule has 2 aromatic carbocycles. The van der Waals surface area contributed by atoms with Crippen LogP contribution in [0.25, 0.3) is 0 Å². The van der Waals surface area contributed by atoms with E-state index in [0.717, 1.165) is 42.5 Å². The van der Waals surface area contributed by atoms with Gasteiger partial charge < -0.3 is 26.0 Å². The van der Waals surface area contributed by atoms with Crippen molar-refractivity contribution < 1.29 is 14.8 Å². The van der Waals surface area contributed by atoms with E-state index in [0.29, 0.717) is 43.1 Å². The van der Waals surface area contributed by atoms with Crippen molar-refractivity contribution in [1.29, 1.82) is 0 Å². The lowest BCUT2D eigenvalue weighted by Crippen LogP contribution is -2.41. The first-order chi connectivity index (χ1) is 14.1. The zero-order chi connectivity index (χ0) is 20.4. The monoisotopic (exact) mass is 393 g/mol. The second-order valence-electron chi connectivity index (χ2n) is 8.02. The Bertz CT molecular complexity index is 895. The minimum atomic E-state index is -1.57. The molecular formula is C22H28BN3O3. The number of hydrogen-bond acceptors (Lipinski definition) is 5. The van der Waals surface area contributed by atoms with Gasteiger partial charge in [0.25, 0.3) is 5.91 Å². The van der Waals surface area contributed by atoms with Gasteiger partial charge in [-0.25, -0.2) is 0 Å². The van der Waals surface area contributed by atoms with E-state index in [4.69, 9.17) is 5.73 Å². The largest absolute Gasteiger partial charge is 0.488 e. The molecule has 0 bridgehead atoms. The van der Waals surface area contributed by atoms with Gasteiger partial charge in [0.15, 0.2) is 0 Å². The average Bonchev–Trinajstić information content (AvgIpc) is 2.78. The number of carbonyl (C=O) groups is 1. The summed E-state index contributed by atoms with van der Waals surface area (Å²) in [4.78, 5) is 15.2. The van der Waals surface area contributed by atoms with Crippen LogP contribution in [0.2, 0.25) is 0 Å². The van der Waals surface area contributed by atoms with E-state index in [9.17, 15) is 14.8 Å². The number of piperidine rings is 1. The number of fused-ring (bicyclic) bond motifs is 1. The quantitative estimate of drug-likeness (QED) is 0.567. The zero-order valence-corrected chi connectivity index (χ0v) is 16.6. The van der Waals surface area contributed by atoms with Crippen LogP contribution in [-0.2, 0) is 19.5 Å². The van der Waals surface area contributed by atoms with Crippen LogP contribution >= 0.6 is 0 Å². The lowest BCUT2D eigenvalue weighted by atomic mass is 9.76. The molecule has 2 aromatic rings. The molecule has 1 saturated heterocycles. The first kappa shape index (κ1) is 20.1. The normalized spacial score (nSPS) is 17.1. The highest BCUT2D eigenvalue weighted by Crippen LogP contribution is 2.30. The van der Waals surface area contributed by atoms with Gasteiger partial charge in [0.2, 0.25) is 0 Å².